The normalized spacial score (nSPS) is 12.7. The molecule has 0 aromatic rings. The van der Waals surface area contributed by atoms with Gasteiger partial charge >= 0.3 is 5.97 Å². The predicted molar refractivity (Wildman–Crippen MR) is 96.3 cm³/mol. The lowest BCUT2D eigenvalue weighted by molar-refractivity contribution is -0.143. The van der Waals surface area contributed by atoms with E-state index >= 15 is 0 Å². The van der Waals surface area contributed by atoms with Crippen molar-refractivity contribution in [1.29, 1.82) is 0 Å². The lowest BCUT2D eigenvalue weighted by Crippen LogP contribution is -2.19. The molecule has 0 aliphatic rings. The van der Waals surface area contributed by atoms with Crippen molar-refractivity contribution in [3.63, 3.8) is 0 Å². The maximum atomic E-state index is 11.1. The number of rotatable bonds is 16. The molecule has 0 aliphatic carbocycles. The maximum Gasteiger partial charge on any atom is 0.306 e. The number of carbonyl (C=O) groups is 1. The van der Waals surface area contributed by atoms with Gasteiger partial charge in [0.15, 0.2) is 0 Å². The summed E-state index contributed by atoms with van der Waals surface area (Å²) in [6.07, 6.45) is 18.3. The summed E-state index contributed by atoms with van der Waals surface area (Å²) >= 11 is 0. The summed E-state index contributed by atoms with van der Waals surface area (Å²) in [4.78, 5) is 11.1. The highest BCUT2D eigenvalue weighted by Crippen LogP contribution is 2.20. The zero-order valence-electron chi connectivity index (χ0n) is 15.4. The zero-order chi connectivity index (χ0) is 16.6. The molecule has 0 aliphatic heterocycles. The van der Waals surface area contributed by atoms with Gasteiger partial charge in [0.25, 0.3) is 0 Å². The molecule has 2 nitrogen and oxygen atoms in total. The monoisotopic (exact) mass is 312 g/mol. The highest BCUT2D eigenvalue weighted by molar-refractivity contribution is 5.70. The summed E-state index contributed by atoms with van der Waals surface area (Å²) in [5, 5.41) is 9.13. The molecule has 1 N–H and O–H groups in total. The minimum Gasteiger partial charge on any atom is -0.481 e. The first kappa shape index (κ1) is 21.5. The highest BCUT2D eigenvalue weighted by Gasteiger charge is 2.20. The molecular weight excluding hydrogens is 272 g/mol. The van der Waals surface area contributed by atoms with Crippen LogP contribution in [0, 0.1) is 11.8 Å². The smallest absolute Gasteiger partial charge is 0.306 e. The van der Waals surface area contributed by atoms with Crippen LogP contribution < -0.4 is 0 Å². The van der Waals surface area contributed by atoms with Crippen molar-refractivity contribution in [2.45, 2.75) is 111 Å². The van der Waals surface area contributed by atoms with Crippen LogP contribution in [0.25, 0.3) is 0 Å². The Morgan fingerprint density at radius 2 is 1.09 bits per heavy atom. The molecule has 0 aromatic carbocycles. The first-order valence-electron chi connectivity index (χ1n) is 9.82. The Hall–Kier alpha value is -0.530. The SMILES string of the molecule is CCCCCCCCCCCCCCCC(C(=O)O)C(C)C. The first-order chi connectivity index (χ1) is 10.6. The average molecular weight is 313 g/mol. The number of carboxylic acid groups (broad SMARTS) is 1. The Morgan fingerprint density at radius 1 is 0.727 bits per heavy atom. The Kier molecular flexibility index (Phi) is 15.0. The topological polar surface area (TPSA) is 37.3 Å². The second-order valence-electron chi connectivity index (χ2n) is 7.22. The lowest BCUT2D eigenvalue weighted by Gasteiger charge is -2.15. The van der Waals surface area contributed by atoms with Crippen molar-refractivity contribution in [2.24, 2.45) is 11.8 Å². The van der Waals surface area contributed by atoms with Gasteiger partial charge in [0.05, 0.1) is 5.92 Å². The molecule has 0 fully saturated rings. The van der Waals surface area contributed by atoms with Gasteiger partial charge in [0.1, 0.15) is 0 Å². The van der Waals surface area contributed by atoms with Gasteiger partial charge in [-0.15, -0.1) is 0 Å². The van der Waals surface area contributed by atoms with Crippen LogP contribution in [0.3, 0.4) is 0 Å². The van der Waals surface area contributed by atoms with Crippen molar-refractivity contribution in [2.75, 3.05) is 0 Å². The van der Waals surface area contributed by atoms with Crippen molar-refractivity contribution in [3.8, 4) is 0 Å². The molecule has 0 amide bonds. The van der Waals surface area contributed by atoms with Gasteiger partial charge in [0.2, 0.25) is 0 Å². The van der Waals surface area contributed by atoms with Crippen LogP contribution in [0.15, 0.2) is 0 Å². The highest BCUT2D eigenvalue weighted by atomic mass is 16.4. The number of carboxylic acids is 1. The molecule has 1 atom stereocenters. The van der Waals surface area contributed by atoms with E-state index < -0.39 is 5.97 Å². The summed E-state index contributed by atoms with van der Waals surface area (Å²) in [6.45, 7) is 6.30. The second-order valence-corrected chi connectivity index (χ2v) is 7.22. The Morgan fingerprint density at radius 3 is 1.41 bits per heavy atom. The van der Waals surface area contributed by atoms with Gasteiger partial charge in [-0.05, 0) is 12.3 Å². The summed E-state index contributed by atoms with van der Waals surface area (Å²) < 4.78 is 0. The molecule has 0 heterocycles. The van der Waals surface area contributed by atoms with Gasteiger partial charge in [0, 0.05) is 0 Å². The Labute approximate surface area is 139 Å². The molecule has 0 rings (SSSR count). The van der Waals surface area contributed by atoms with E-state index in [-0.39, 0.29) is 11.8 Å². The van der Waals surface area contributed by atoms with E-state index in [9.17, 15) is 4.79 Å². The minimum atomic E-state index is -0.617. The van der Waals surface area contributed by atoms with Crippen molar-refractivity contribution < 1.29 is 9.90 Å². The fourth-order valence-corrected chi connectivity index (χ4v) is 3.12. The van der Waals surface area contributed by atoms with Crippen LogP contribution >= 0.6 is 0 Å². The van der Waals surface area contributed by atoms with Crippen molar-refractivity contribution in [3.05, 3.63) is 0 Å². The van der Waals surface area contributed by atoms with Crippen molar-refractivity contribution in [1.82, 2.24) is 0 Å². The molecular formula is C20H40O2. The van der Waals surface area contributed by atoms with E-state index in [1.165, 1.54) is 77.0 Å². The van der Waals surface area contributed by atoms with Crippen LogP contribution in [0.4, 0.5) is 0 Å². The van der Waals surface area contributed by atoms with Gasteiger partial charge in [-0.1, -0.05) is 104 Å². The summed E-state index contributed by atoms with van der Waals surface area (Å²) in [7, 11) is 0. The van der Waals surface area contributed by atoms with E-state index in [1.54, 1.807) is 0 Å². The molecule has 0 radical (unpaired) electrons. The molecule has 0 aromatic heterocycles. The average Bonchev–Trinajstić information content (AvgIpc) is 2.46. The fraction of sp³-hybridized carbons (Fsp3) is 0.950. The standard InChI is InChI=1S/C20H40O2/c1-4-5-6-7-8-9-10-11-12-13-14-15-16-17-19(18(2)3)20(21)22/h18-19H,4-17H2,1-3H3,(H,21,22). The Bertz CT molecular complexity index is 248. The van der Waals surface area contributed by atoms with Crippen LogP contribution in [-0.2, 0) is 4.79 Å². The molecule has 2 heteroatoms. The zero-order valence-corrected chi connectivity index (χ0v) is 15.4. The van der Waals surface area contributed by atoms with Gasteiger partial charge in [-0.2, -0.15) is 0 Å². The number of hydrogen-bond acceptors (Lipinski definition) is 1. The predicted octanol–water partition coefficient (Wildman–Crippen LogP) is 6.82. The Balaban J connectivity index is 3.25. The van der Waals surface area contributed by atoms with Gasteiger partial charge in [-0.25, -0.2) is 0 Å². The summed E-state index contributed by atoms with van der Waals surface area (Å²) in [5.41, 5.74) is 0. The van der Waals surface area contributed by atoms with Gasteiger partial charge in [-0.3, -0.25) is 4.79 Å². The summed E-state index contributed by atoms with van der Waals surface area (Å²) in [5.74, 6) is -0.503. The van der Waals surface area contributed by atoms with Gasteiger partial charge < -0.3 is 5.11 Å². The molecule has 1 unspecified atom stereocenters. The molecule has 0 saturated carbocycles. The number of hydrogen-bond donors (Lipinski definition) is 1. The maximum absolute atomic E-state index is 11.1. The van der Waals surface area contributed by atoms with Crippen LogP contribution in [0.2, 0.25) is 0 Å². The van der Waals surface area contributed by atoms with E-state index in [2.05, 4.69) is 6.92 Å². The van der Waals surface area contributed by atoms with Crippen LogP contribution in [-0.4, -0.2) is 11.1 Å². The first-order valence-corrected chi connectivity index (χ1v) is 9.82. The van der Waals surface area contributed by atoms with E-state index in [0.717, 1.165) is 12.8 Å². The summed E-state index contributed by atoms with van der Waals surface area (Å²) in [6, 6.07) is 0. The molecule has 0 spiro atoms. The molecule has 0 bridgehead atoms. The second kappa shape index (κ2) is 15.4. The van der Waals surface area contributed by atoms with Crippen molar-refractivity contribution >= 4 is 5.97 Å². The molecule has 22 heavy (non-hydrogen) atoms. The van der Waals surface area contributed by atoms with E-state index in [1.807, 2.05) is 13.8 Å². The minimum absolute atomic E-state index is 0.146. The fourth-order valence-electron chi connectivity index (χ4n) is 3.12. The largest absolute Gasteiger partial charge is 0.481 e. The number of unbranched alkanes of at least 4 members (excludes halogenated alkanes) is 12. The third kappa shape index (κ3) is 13.2. The third-order valence-electron chi connectivity index (χ3n) is 4.74. The van der Waals surface area contributed by atoms with Crippen LogP contribution in [0.5, 0.6) is 0 Å². The van der Waals surface area contributed by atoms with E-state index in [4.69, 9.17) is 5.11 Å². The molecule has 132 valence electrons. The van der Waals surface area contributed by atoms with Crippen LogP contribution in [0.1, 0.15) is 111 Å². The third-order valence-corrected chi connectivity index (χ3v) is 4.74. The van der Waals surface area contributed by atoms with E-state index in [0.29, 0.717) is 0 Å². The lowest BCUT2D eigenvalue weighted by atomic mass is 9.90. The number of aliphatic carboxylic acids is 1. The quantitative estimate of drug-likeness (QED) is 0.317. The molecule has 0 saturated heterocycles.